The van der Waals surface area contributed by atoms with Gasteiger partial charge < -0.3 is 14.2 Å². The summed E-state index contributed by atoms with van der Waals surface area (Å²) >= 11 is 0. The second-order valence-corrected chi connectivity index (χ2v) is 6.58. The van der Waals surface area contributed by atoms with Crippen LogP contribution >= 0.6 is 0 Å². The van der Waals surface area contributed by atoms with Crippen LogP contribution in [-0.4, -0.2) is 21.3 Å². The fourth-order valence-corrected chi connectivity index (χ4v) is 3.85. The van der Waals surface area contributed by atoms with Crippen LogP contribution in [-0.2, 0) is 0 Å². The van der Waals surface area contributed by atoms with Crippen LogP contribution < -0.4 is 10.4 Å². The highest BCUT2D eigenvalue weighted by Crippen LogP contribution is 2.42. The summed E-state index contributed by atoms with van der Waals surface area (Å²) in [7, 11) is 0. The van der Waals surface area contributed by atoms with E-state index >= 15 is 0 Å². The summed E-state index contributed by atoms with van der Waals surface area (Å²) in [4.78, 5) is 15.6. The smallest absolute Gasteiger partial charge is 0.327 e. The first-order valence-corrected chi connectivity index (χ1v) is 8.53. The van der Waals surface area contributed by atoms with Gasteiger partial charge in [0.05, 0.1) is 22.8 Å². The molecular formula is C20H17N3O3. The summed E-state index contributed by atoms with van der Waals surface area (Å²) in [6, 6.07) is 13.6. The van der Waals surface area contributed by atoms with Gasteiger partial charge in [-0.2, -0.15) is 0 Å². The van der Waals surface area contributed by atoms with E-state index in [0.29, 0.717) is 12.4 Å². The van der Waals surface area contributed by atoms with E-state index < -0.39 is 0 Å². The first-order valence-electron chi connectivity index (χ1n) is 8.53. The van der Waals surface area contributed by atoms with E-state index in [4.69, 9.17) is 9.26 Å². The van der Waals surface area contributed by atoms with E-state index in [-0.39, 0.29) is 11.7 Å². The van der Waals surface area contributed by atoms with Crippen LogP contribution in [0.3, 0.4) is 0 Å². The quantitative estimate of drug-likeness (QED) is 0.601. The van der Waals surface area contributed by atoms with Gasteiger partial charge in [-0.15, -0.1) is 0 Å². The number of benzene rings is 2. The molecule has 0 unspecified atom stereocenters. The van der Waals surface area contributed by atoms with Gasteiger partial charge in [-0.25, -0.2) is 4.79 Å². The maximum atomic E-state index is 12.7. The number of imidazole rings is 1. The molecule has 0 saturated heterocycles. The lowest BCUT2D eigenvalue weighted by Gasteiger charge is -2.27. The van der Waals surface area contributed by atoms with E-state index in [1.54, 1.807) is 4.57 Å². The van der Waals surface area contributed by atoms with Gasteiger partial charge in [0.25, 0.3) is 0 Å². The van der Waals surface area contributed by atoms with Crippen molar-refractivity contribution in [1.82, 2.24) is 14.7 Å². The molecule has 6 heteroatoms. The average Bonchev–Trinajstić information content (AvgIpc) is 3.17. The fourth-order valence-electron chi connectivity index (χ4n) is 3.85. The van der Waals surface area contributed by atoms with Crippen molar-refractivity contribution in [1.29, 1.82) is 0 Å². The Hall–Kier alpha value is -3.28. The fraction of sp³-hybridized carbons (Fsp3) is 0.200. The Morgan fingerprint density at radius 2 is 1.96 bits per heavy atom. The van der Waals surface area contributed by atoms with Gasteiger partial charge in [0.1, 0.15) is 17.9 Å². The lowest BCUT2D eigenvalue weighted by atomic mass is 10.00. The van der Waals surface area contributed by atoms with Crippen LogP contribution in [0.4, 0.5) is 0 Å². The molecule has 0 aliphatic carbocycles. The predicted molar refractivity (Wildman–Crippen MR) is 97.6 cm³/mol. The molecule has 26 heavy (non-hydrogen) atoms. The Balaban J connectivity index is 1.81. The summed E-state index contributed by atoms with van der Waals surface area (Å²) in [5.74, 6) is 1.43. The van der Waals surface area contributed by atoms with Crippen LogP contribution in [0.1, 0.15) is 23.1 Å². The molecule has 1 N–H and O–H groups in total. The monoisotopic (exact) mass is 347 g/mol. The molecule has 0 saturated carbocycles. The second kappa shape index (κ2) is 5.36. The van der Waals surface area contributed by atoms with Crippen LogP contribution in [0, 0.1) is 13.8 Å². The first-order chi connectivity index (χ1) is 12.6. The minimum atomic E-state index is -0.162. The van der Waals surface area contributed by atoms with E-state index in [1.807, 2.05) is 56.3 Å². The van der Waals surface area contributed by atoms with E-state index in [9.17, 15) is 4.79 Å². The Morgan fingerprint density at radius 1 is 1.15 bits per heavy atom. The van der Waals surface area contributed by atoms with E-state index in [0.717, 1.165) is 39.2 Å². The topological polar surface area (TPSA) is 73.0 Å². The van der Waals surface area contributed by atoms with Crippen LogP contribution in [0.5, 0.6) is 5.75 Å². The molecule has 1 aliphatic heterocycles. The number of ether oxygens (including phenoxy) is 1. The molecule has 1 aliphatic rings. The zero-order valence-electron chi connectivity index (χ0n) is 14.4. The van der Waals surface area contributed by atoms with Crippen molar-refractivity contribution in [3.8, 4) is 16.9 Å². The SMILES string of the molecule is Cc1noc(C)c1-c1ccc2[nH]c(=O)n3c2c1OC[C@H]3c1ccccc1. The van der Waals surface area contributed by atoms with Crippen LogP contribution in [0.15, 0.2) is 51.8 Å². The lowest BCUT2D eigenvalue weighted by molar-refractivity contribution is 0.257. The highest BCUT2D eigenvalue weighted by molar-refractivity contribution is 5.92. The molecule has 3 heterocycles. The largest absolute Gasteiger partial charge is 0.488 e. The predicted octanol–water partition coefficient (Wildman–Crippen LogP) is 3.58. The molecule has 5 rings (SSSR count). The molecule has 0 bridgehead atoms. The number of aromatic nitrogens is 3. The maximum absolute atomic E-state index is 12.7. The minimum absolute atomic E-state index is 0.130. The maximum Gasteiger partial charge on any atom is 0.327 e. The Bertz CT molecular complexity index is 1160. The minimum Gasteiger partial charge on any atom is -0.488 e. The average molecular weight is 347 g/mol. The van der Waals surface area contributed by atoms with Crippen LogP contribution in [0.25, 0.3) is 22.2 Å². The zero-order chi connectivity index (χ0) is 17.8. The number of hydrogen-bond donors (Lipinski definition) is 1. The normalized spacial score (nSPS) is 16.0. The van der Waals surface area contributed by atoms with Gasteiger partial charge in [-0.3, -0.25) is 4.57 Å². The molecule has 2 aromatic carbocycles. The number of rotatable bonds is 2. The number of nitrogens with one attached hydrogen (secondary N) is 1. The highest BCUT2D eigenvalue weighted by Gasteiger charge is 2.30. The number of H-pyrrole nitrogens is 1. The first kappa shape index (κ1) is 15.0. The van der Waals surface area contributed by atoms with Crippen molar-refractivity contribution in [2.24, 2.45) is 0 Å². The molecule has 2 aromatic heterocycles. The molecule has 6 nitrogen and oxygen atoms in total. The van der Waals surface area contributed by atoms with Gasteiger partial charge in [0.2, 0.25) is 0 Å². The summed E-state index contributed by atoms with van der Waals surface area (Å²) in [5, 5.41) is 4.05. The molecule has 0 fully saturated rings. The Labute approximate surface area is 149 Å². The Morgan fingerprint density at radius 3 is 2.69 bits per heavy atom. The molecule has 130 valence electrons. The van der Waals surface area contributed by atoms with Gasteiger partial charge in [-0.05, 0) is 31.5 Å². The van der Waals surface area contributed by atoms with Gasteiger partial charge >= 0.3 is 5.69 Å². The van der Waals surface area contributed by atoms with Crippen molar-refractivity contribution < 1.29 is 9.26 Å². The third-order valence-corrected chi connectivity index (χ3v) is 5.02. The van der Waals surface area contributed by atoms with Crippen LogP contribution in [0.2, 0.25) is 0 Å². The molecule has 1 atom stereocenters. The molecular weight excluding hydrogens is 330 g/mol. The summed E-state index contributed by atoms with van der Waals surface area (Å²) in [5.41, 5.74) is 5.08. The van der Waals surface area contributed by atoms with Crippen molar-refractivity contribution in [2.75, 3.05) is 6.61 Å². The third kappa shape index (κ3) is 1.98. The molecule has 4 aromatic rings. The molecule has 0 amide bonds. The van der Waals surface area contributed by atoms with Gasteiger partial charge in [0, 0.05) is 5.56 Å². The van der Waals surface area contributed by atoms with Gasteiger partial charge in [0.15, 0.2) is 5.75 Å². The second-order valence-electron chi connectivity index (χ2n) is 6.58. The number of hydrogen-bond acceptors (Lipinski definition) is 4. The molecule has 0 radical (unpaired) electrons. The third-order valence-electron chi connectivity index (χ3n) is 5.02. The molecule has 0 spiro atoms. The van der Waals surface area contributed by atoms with Crippen molar-refractivity contribution in [3.63, 3.8) is 0 Å². The van der Waals surface area contributed by atoms with Crippen molar-refractivity contribution >= 4 is 11.0 Å². The number of nitrogens with zero attached hydrogens (tertiary/aromatic N) is 2. The van der Waals surface area contributed by atoms with Crippen molar-refractivity contribution in [2.45, 2.75) is 19.9 Å². The number of aromatic amines is 1. The summed E-state index contributed by atoms with van der Waals surface area (Å²) < 4.78 is 13.3. The lowest BCUT2D eigenvalue weighted by Crippen LogP contribution is -2.30. The highest BCUT2D eigenvalue weighted by atomic mass is 16.5. The summed E-state index contributed by atoms with van der Waals surface area (Å²) in [6.07, 6.45) is 0. The standard InChI is InChI=1S/C20H17N3O3/c1-11-17(12(2)26-22-11)14-8-9-15-18-19(14)25-10-16(23(18)20(24)21-15)13-6-4-3-5-7-13/h3-9,16H,10H2,1-2H3,(H,21,24)/t16-/m0/s1. The van der Waals surface area contributed by atoms with Crippen molar-refractivity contribution in [3.05, 3.63) is 70.0 Å². The van der Waals surface area contributed by atoms with E-state index in [1.165, 1.54) is 0 Å². The van der Waals surface area contributed by atoms with E-state index in [2.05, 4.69) is 10.1 Å². The summed E-state index contributed by atoms with van der Waals surface area (Å²) in [6.45, 7) is 4.18. The Kier molecular flexibility index (Phi) is 3.09. The number of aryl methyl sites for hydroxylation is 2. The zero-order valence-corrected chi connectivity index (χ0v) is 14.4. The van der Waals surface area contributed by atoms with Gasteiger partial charge in [-0.1, -0.05) is 35.5 Å².